The van der Waals surface area contributed by atoms with Crippen LogP contribution in [0, 0.1) is 25.5 Å². The first-order valence-corrected chi connectivity index (χ1v) is 8.00. The molecule has 7 heteroatoms. The third-order valence-corrected chi connectivity index (χ3v) is 5.46. The average molecular weight is 402 g/mol. The number of hydrogen-bond donors (Lipinski definition) is 1. The number of anilines is 1. The van der Waals surface area contributed by atoms with Gasteiger partial charge in [0.25, 0.3) is 5.69 Å². The molecule has 0 bridgehead atoms. The fourth-order valence-electron chi connectivity index (χ4n) is 3.71. The van der Waals surface area contributed by atoms with Crippen LogP contribution >= 0.6 is 22.6 Å². The van der Waals surface area contributed by atoms with E-state index in [9.17, 15) is 20.0 Å². The minimum Gasteiger partial charge on any atom is -0.480 e. The molecule has 0 spiro atoms. The minimum atomic E-state index is -0.793. The standard InChI is InChI=1S/C14H15IN2O4/c15-11-6-9(17(20)21)4-5-12(11)16-7-8-2-1-3-10(8)13(16)14(18)19/h4-6,8,10,13H,1-3,7H2,(H,18,19). The fourth-order valence-corrected chi connectivity index (χ4v) is 4.52. The third kappa shape index (κ3) is 2.47. The first-order valence-electron chi connectivity index (χ1n) is 6.92. The van der Waals surface area contributed by atoms with E-state index in [1.165, 1.54) is 12.1 Å². The number of halogens is 1. The van der Waals surface area contributed by atoms with Crippen molar-refractivity contribution in [1.82, 2.24) is 0 Å². The largest absolute Gasteiger partial charge is 0.480 e. The molecule has 1 heterocycles. The molecule has 0 aromatic heterocycles. The van der Waals surface area contributed by atoms with E-state index in [0.29, 0.717) is 5.92 Å². The lowest BCUT2D eigenvalue weighted by atomic mass is 9.94. The number of nitro groups is 1. The zero-order valence-corrected chi connectivity index (χ0v) is 13.4. The van der Waals surface area contributed by atoms with Crippen LogP contribution in [0.2, 0.25) is 0 Å². The van der Waals surface area contributed by atoms with Crippen LogP contribution in [-0.2, 0) is 4.79 Å². The average Bonchev–Trinajstić information content (AvgIpc) is 2.97. The second kappa shape index (κ2) is 5.43. The Morgan fingerprint density at radius 3 is 2.81 bits per heavy atom. The van der Waals surface area contributed by atoms with Gasteiger partial charge >= 0.3 is 5.97 Å². The molecule has 112 valence electrons. The van der Waals surface area contributed by atoms with Crippen LogP contribution in [-0.4, -0.2) is 28.6 Å². The summed E-state index contributed by atoms with van der Waals surface area (Å²) >= 11 is 2.05. The topological polar surface area (TPSA) is 83.7 Å². The first-order chi connectivity index (χ1) is 9.99. The van der Waals surface area contributed by atoms with Gasteiger partial charge in [-0.2, -0.15) is 0 Å². The van der Waals surface area contributed by atoms with E-state index in [1.807, 2.05) is 27.5 Å². The highest BCUT2D eigenvalue weighted by molar-refractivity contribution is 14.1. The number of hydrogen-bond acceptors (Lipinski definition) is 4. The van der Waals surface area contributed by atoms with Gasteiger partial charge in [0.15, 0.2) is 0 Å². The monoisotopic (exact) mass is 402 g/mol. The Balaban J connectivity index is 1.96. The Morgan fingerprint density at radius 2 is 2.19 bits per heavy atom. The SMILES string of the molecule is O=C(O)C1C2CCCC2CN1c1ccc([N+](=O)[O-])cc1I. The molecule has 1 aromatic rings. The van der Waals surface area contributed by atoms with Gasteiger partial charge in [-0.25, -0.2) is 4.79 Å². The molecule has 1 N–H and O–H groups in total. The van der Waals surface area contributed by atoms with Crippen LogP contribution in [0.5, 0.6) is 0 Å². The highest BCUT2D eigenvalue weighted by Gasteiger charge is 2.48. The van der Waals surface area contributed by atoms with Gasteiger partial charge in [0.2, 0.25) is 0 Å². The minimum absolute atomic E-state index is 0.0365. The van der Waals surface area contributed by atoms with E-state index in [1.54, 1.807) is 6.07 Å². The molecule has 1 aliphatic heterocycles. The smallest absolute Gasteiger partial charge is 0.326 e. The Kier molecular flexibility index (Phi) is 3.76. The third-order valence-electron chi connectivity index (χ3n) is 4.59. The summed E-state index contributed by atoms with van der Waals surface area (Å²) in [6.45, 7) is 0.732. The van der Waals surface area contributed by atoms with E-state index in [4.69, 9.17) is 0 Å². The molecule has 6 nitrogen and oxygen atoms in total. The molecule has 0 radical (unpaired) electrons. The highest BCUT2D eigenvalue weighted by Crippen LogP contribution is 2.45. The number of carboxylic acids is 1. The molecule has 2 fully saturated rings. The van der Waals surface area contributed by atoms with Gasteiger partial charge < -0.3 is 10.0 Å². The second-order valence-corrected chi connectivity index (χ2v) is 6.85. The molecule has 21 heavy (non-hydrogen) atoms. The number of carbonyl (C=O) groups is 1. The molecule has 1 aliphatic carbocycles. The Hall–Kier alpha value is -1.38. The van der Waals surface area contributed by atoms with E-state index in [2.05, 4.69) is 0 Å². The molecule has 2 aliphatic rings. The quantitative estimate of drug-likeness (QED) is 0.478. The molecule has 0 amide bonds. The molecule has 3 rings (SSSR count). The van der Waals surface area contributed by atoms with E-state index < -0.39 is 16.9 Å². The predicted molar refractivity (Wildman–Crippen MR) is 85.4 cm³/mol. The van der Waals surface area contributed by atoms with Gasteiger partial charge in [0.1, 0.15) is 6.04 Å². The molecular weight excluding hydrogens is 387 g/mol. The van der Waals surface area contributed by atoms with Gasteiger partial charge in [-0.15, -0.1) is 0 Å². The number of nitrogens with zero attached hydrogens (tertiary/aromatic N) is 2. The lowest BCUT2D eigenvalue weighted by molar-refractivity contribution is -0.384. The summed E-state index contributed by atoms with van der Waals surface area (Å²) in [5, 5.41) is 20.4. The summed E-state index contributed by atoms with van der Waals surface area (Å²) < 4.78 is 0.730. The summed E-state index contributed by atoms with van der Waals surface area (Å²) in [6, 6.07) is 4.12. The van der Waals surface area contributed by atoms with Crippen LogP contribution in [0.15, 0.2) is 18.2 Å². The van der Waals surface area contributed by atoms with Crippen LogP contribution in [0.3, 0.4) is 0 Å². The number of aliphatic carboxylic acids is 1. The van der Waals surface area contributed by atoms with Crippen molar-refractivity contribution in [2.24, 2.45) is 11.8 Å². The van der Waals surface area contributed by atoms with Crippen molar-refractivity contribution < 1.29 is 14.8 Å². The van der Waals surface area contributed by atoms with Gasteiger partial charge in [0.05, 0.1) is 10.6 Å². The molecule has 1 saturated carbocycles. The molecule has 3 atom stereocenters. The number of rotatable bonds is 3. The maximum Gasteiger partial charge on any atom is 0.326 e. The Bertz CT molecular complexity index is 607. The molecular formula is C14H15IN2O4. The molecule has 1 saturated heterocycles. The van der Waals surface area contributed by atoms with Crippen LogP contribution in [0.1, 0.15) is 19.3 Å². The summed E-state index contributed by atoms with van der Waals surface area (Å²) in [5.74, 6) is -0.163. The van der Waals surface area contributed by atoms with Crippen molar-refractivity contribution in [2.75, 3.05) is 11.4 Å². The molecule has 3 unspecified atom stereocenters. The van der Waals surface area contributed by atoms with E-state index >= 15 is 0 Å². The number of benzene rings is 1. The first kappa shape index (κ1) is 14.6. The van der Waals surface area contributed by atoms with Gasteiger partial charge in [-0.3, -0.25) is 10.1 Å². The fraction of sp³-hybridized carbons (Fsp3) is 0.500. The van der Waals surface area contributed by atoms with Crippen molar-refractivity contribution in [2.45, 2.75) is 25.3 Å². The Morgan fingerprint density at radius 1 is 1.43 bits per heavy atom. The summed E-state index contributed by atoms with van der Waals surface area (Å²) in [6.07, 6.45) is 3.14. The van der Waals surface area contributed by atoms with Gasteiger partial charge in [0, 0.05) is 22.2 Å². The Labute approximate surface area is 135 Å². The molecule has 1 aromatic carbocycles. The number of non-ortho nitro benzene ring substituents is 1. The van der Waals surface area contributed by atoms with Crippen molar-refractivity contribution in [3.63, 3.8) is 0 Å². The highest BCUT2D eigenvalue weighted by atomic mass is 127. The van der Waals surface area contributed by atoms with Crippen LogP contribution in [0.25, 0.3) is 0 Å². The number of nitro benzene ring substituents is 1. The zero-order chi connectivity index (χ0) is 15.1. The van der Waals surface area contributed by atoms with Crippen molar-refractivity contribution in [3.05, 3.63) is 31.9 Å². The summed E-state index contributed by atoms with van der Waals surface area (Å²) in [4.78, 5) is 24.0. The maximum absolute atomic E-state index is 11.7. The lowest BCUT2D eigenvalue weighted by Gasteiger charge is -2.27. The number of carboxylic acid groups (broad SMARTS) is 1. The van der Waals surface area contributed by atoms with Crippen LogP contribution in [0.4, 0.5) is 11.4 Å². The summed E-state index contributed by atoms with van der Waals surface area (Å²) in [5.41, 5.74) is 0.831. The van der Waals surface area contributed by atoms with Gasteiger partial charge in [-0.1, -0.05) is 6.42 Å². The lowest BCUT2D eigenvalue weighted by Crippen LogP contribution is -2.40. The van der Waals surface area contributed by atoms with Gasteiger partial charge in [-0.05, 0) is 53.3 Å². The van der Waals surface area contributed by atoms with Crippen molar-refractivity contribution >= 4 is 39.9 Å². The predicted octanol–water partition coefficient (Wildman–Crippen LogP) is 2.89. The van der Waals surface area contributed by atoms with E-state index in [-0.39, 0.29) is 11.6 Å². The number of fused-ring (bicyclic) bond motifs is 1. The van der Waals surface area contributed by atoms with E-state index in [0.717, 1.165) is 35.1 Å². The second-order valence-electron chi connectivity index (χ2n) is 5.68. The van der Waals surface area contributed by atoms with Crippen LogP contribution < -0.4 is 4.90 Å². The maximum atomic E-state index is 11.7. The normalized spacial score (nSPS) is 27.7. The van der Waals surface area contributed by atoms with Crippen molar-refractivity contribution in [3.8, 4) is 0 Å². The summed E-state index contributed by atoms with van der Waals surface area (Å²) in [7, 11) is 0. The van der Waals surface area contributed by atoms with Crippen molar-refractivity contribution in [1.29, 1.82) is 0 Å². The zero-order valence-electron chi connectivity index (χ0n) is 11.2.